The molecule has 4 heterocycles. The van der Waals surface area contributed by atoms with E-state index in [2.05, 4.69) is 27.7 Å². The Kier molecular flexibility index (Phi) is 7.70. The first kappa shape index (κ1) is 23.8. The molecule has 2 aliphatic heterocycles. The fraction of sp³-hybridized carbons (Fsp3) is 0.625. The SMILES string of the molecule is Cn1c(N2CCC[C@H](C(=O)NCC3CCN(CCc4cccs4)CC3)C2)cc(=O)n(C)c1=O. The lowest BCUT2D eigenvalue weighted by atomic mass is 9.94. The van der Waals surface area contributed by atoms with Crippen molar-refractivity contribution >= 4 is 23.1 Å². The van der Waals surface area contributed by atoms with Crippen LogP contribution in [0.2, 0.25) is 0 Å². The van der Waals surface area contributed by atoms with Crippen molar-refractivity contribution in [2.75, 3.05) is 44.2 Å². The van der Waals surface area contributed by atoms with Gasteiger partial charge in [-0.1, -0.05) is 6.07 Å². The van der Waals surface area contributed by atoms with Gasteiger partial charge < -0.3 is 15.1 Å². The first-order valence-electron chi connectivity index (χ1n) is 12.0. The number of anilines is 1. The number of rotatable bonds is 7. The molecule has 0 spiro atoms. The largest absolute Gasteiger partial charge is 0.357 e. The molecule has 0 radical (unpaired) electrons. The molecule has 2 aliphatic rings. The highest BCUT2D eigenvalue weighted by Gasteiger charge is 2.28. The van der Waals surface area contributed by atoms with E-state index >= 15 is 0 Å². The molecule has 1 N–H and O–H groups in total. The van der Waals surface area contributed by atoms with Gasteiger partial charge in [0.05, 0.1) is 5.92 Å². The van der Waals surface area contributed by atoms with E-state index in [0.717, 1.165) is 69.4 Å². The zero-order valence-corrected chi connectivity index (χ0v) is 20.5. The van der Waals surface area contributed by atoms with E-state index in [1.54, 1.807) is 7.05 Å². The Balaban J connectivity index is 1.24. The summed E-state index contributed by atoms with van der Waals surface area (Å²) in [5.74, 6) is 1.09. The maximum absolute atomic E-state index is 12.9. The molecule has 1 amide bonds. The third-order valence-electron chi connectivity index (χ3n) is 7.14. The minimum absolute atomic E-state index is 0.0914. The number of carbonyl (C=O) groups is 1. The molecule has 8 nitrogen and oxygen atoms in total. The van der Waals surface area contributed by atoms with Crippen LogP contribution in [0.25, 0.3) is 0 Å². The summed E-state index contributed by atoms with van der Waals surface area (Å²) in [6, 6.07) is 5.81. The van der Waals surface area contributed by atoms with Gasteiger partial charge in [0.1, 0.15) is 5.82 Å². The van der Waals surface area contributed by atoms with Crippen LogP contribution in [-0.2, 0) is 25.3 Å². The van der Waals surface area contributed by atoms with Gasteiger partial charge in [-0.15, -0.1) is 11.3 Å². The van der Waals surface area contributed by atoms with E-state index in [1.807, 2.05) is 16.2 Å². The predicted octanol–water partition coefficient (Wildman–Crippen LogP) is 1.43. The van der Waals surface area contributed by atoms with Gasteiger partial charge in [-0.05, 0) is 62.6 Å². The molecule has 9 heteroatoms. The Labute approximate surface area is 198 Å². The number of thiophene rings is 1. The van der Waals surface area contributed by atoms with Gasteiger partial charge in [-0.25, -0.2) is 4.79 Å². The number of nitrogens with zero attached hydrogens (tertiary/aromatic N) is 4. The van der Waals surface area contributed by atoms with Gasteiger partial charge in [0.25, 0.3) is 5.56 Å². The van der Waals surface area contributed by atoms with Crippen molar-refractivity contribution in [1.82, 2.24) is 19.4 Å². The van der Waals surface area contributed by atoms with Gasteiger partial charge in [0.2, 0.25) is 5.91 Å². The lowest BCUT2D eigenvalue weighted by molar-refractivity contribution is -0.125. The molecule has 180 valence electrons. The number of hydrogen-bond acceptors (Lipinski definition) is 6. The van der Waals surface area contributed by atoms with Gasteiger partial charge in [0, 0.05) is 51.2 Å². The number of aromatic nitrogens is 2. The molecule has 0 saturated carbocycles. The zero-order chi connectivity index (χ0) is 23.4. The Bertz CT molecular complexity index is 1050. The Morgan fingerprint density at radius 3 is 2.64 bits per heavy atom. The molecule has 0 bridgehead atoms. The van der Waals surface area contributed by atoms with Crippen molar-refractivity contribution in [2.45, 2.75) is 32.1 Å². The molecule has 0 aliphatic carbocycles. The Morgan fingerprint density at radius 1 is 1.12 bits per heavy atom. The van der Waals surface area contributed by atoms with E-state index in [-0.39, 0.29) is 23.1 Å². The Hall–Kier alpha value is -2.39. The first-order valence-corrected chi connectivity index (χ1v) is 12.8. The van der Waals surface area contributed by atoms with Crippen LogP contribution < -0.4 is 21.5 Å². The average molecular weight is 474 g/mol. The van der Waals surface area contributed by atoms with Crippen molar-refractivity contribution in [3.05, 3.63) is 49.3 Å². The van der Waals surface area contributed by atoms with E-state index < -0.39 is 0 Å². The van der Waals surface area contributed by atoms with E-state index in [4.69, 9.17) is 0 Å². The second-order valence-corrected chi connectivity index (χ2v) is 10.4. The lowest BCUT2D eigenvalue weighted by Crippen LogP contribution is -2.47. The fourth-order valence-electron chi connectivity index (χ4n) is 4.95. The van der Waals surface area contributed by atoms with E-state index in [0.29, 0.717) is 18.3 Å². The molecular formula is C24H35N5O3S. The third kappa shape index (κ3) is 5.76. The molecule has 33 heavy (non-hydrogen) atoms. The number of hydrogen-bond donors (Lipinski definition) is 1. The monoisotopic (exact) mass is 473 g/mol. The second kappa shape index (κ2) is 10.7. The molecular weight excluding hydrogens is 438 g/mol. The summed E-state index contributed by atoms with van der Waals surface area (Å²) in [7, 11) is 3.16. The average Bonchev–Trinajstić information content (AvgIpc) is 3.36. The highest BCUT2D eigenvalue weighted by molar-refractivity contribution is 7.09. The summed E-state index contributed by atoms with van der Waals surface area (Å²) in [5.41, 5.74) is -0.660. The van der Waals surface area contributed by atoms with Crippen molar-refractivity contribution < 1.29 is 4.79 Å². The topological polar surface area (TPSA) is 79.6 Å². The van der Waals surface area contributed by atoms with Crippen molar-refractivity contribution in [3.63, 3.8) is 0 Å². The van der Waals surface area contributed by atoms with E-state index in [1.165, 1.54) is 22.6 Å². The number of carbonyl (C=O) groups excluding carboxylic acids is 1. The molecule has 2 aromatic heterocycles. The second-order valence-electron chi connectivity index (χ2n) is 9.39. The quantitative estimate of drug-likeness (QED) is 0.658. The highest BCUT2D eigenvalue weighted by Crippen LogP contribution is 2.22. The van der Waals surface area contributed by atoms with Crippen molar-refractivity contribution in [2.24, 2.45) is 25.9 Å². The third-order valence-corrected chi connectivity index (χ3v) is 8.08. The number of nitrogens with one attached hydrogen (secondary N) is 1. The maximum atomic E-state index is 12.9. The zero-order valence-electron chi connectivity index (χ0n) is 19.7. The number of piperidine rings is 2. The van der Waals surface area contributed by atoms with Gasteiger partial charge in [0.15, 0.2) is 0 Å². The summed E-state index contributed by atoms with van der Waals surface area (Å²) in [4.78, 5) is 43.3. The molecule has 0 unspecified atom stereocenters. The van der Waals surface area contributed by atoms with Crippen molar-refractivity contribution in [1.29, 1.82) is 0 Å². The minimum atomic E-state index is -0.342. The summed E-state index contributed by atoms with van der Waals surface area (Å²) in [6.07, 6.45) is 5.07. The molecule has 0 aromatic carbocycles. The van der Waals surface area contributed by atoms with Gasteiger partial charge >= 0.3 is 5.69 Å². The Morgan fingerprint density at radius 2 is 1.91 bits per heavy atom. The van der Waals surface area contributed by atoms with Crippen LogP contribution in [0.4, 0.5) is 5.82 Å². The van der Waals surface area contributed by atoms with Crippen LogP contribution in [0.5, 0.6) is 0 Å². The molecule has 4 rings (SSSR count). The smallest absolute Gasteiger partial charge is 0.332 e. The standard InChI is InChI=1S/C24H35N5O3S/c1-26-21(15-22(30)27(2)24(26)32)29-10-3-5-19(17-29)23(31)25-16-18-7-11-28(12-8-18)13-9-20-6-4-14-33-20/h4,6,14-15,18-19H,3,5,7-13,16-17H2,1-2H3,(H,25,31)/t19-/m0/s1. The fourth-order valence-corrected chi connectivity index (χ4v) is 5.65. The summed E-state index contributed by atoms with van der Waals surface area (Å²) in [6.45, 7) is 5.32. The molecule has 2 saturated heterocycles. The predicted molar refractivity (Wildman–Crippen MR) is 132 cm³/mol. The van der Waals surface area contributed by atoms with Crippen LogP contribution >= 0.6 is 11.3 Å². The van der Waals surface area contributed by atoms with Crippen LogP contribution in [-0.4, -0.2) is 59.2 Å². The van der Waals surface area contributed by atoms with E-state index in [9.17, 15) is 14.4 Å². The van der Waals surface area contributed by atoms with Crippen LogP contribution in [0, 0.1) is 11.8 Å². The van der Waals surface area contributed by atoms with Crippen LogP contribution in [0.1, 0.15) is 30.6 Å². The van der Waals surface area contributed by atoms with Crippen LogP contribution in [0.15, 0.2) is 33.2 Å². The maximum Gasteiger partial charge on any atom is 0.332 e. The molecule has 2 fully saturated rings. The number of likely N-dealkylation sites (tertiary alicyclic amines) is 1. The summed E-state index contributed by atoms with van der Waals surface area (Å²) >= 11 is 1.83. The van der Waals surface area contributed by atoms with Crippen molar-refractivity contribution in [3.8, 4) is 0 Å². The van der Waals surface area contributed by atoms with Gasteiger partial charge in [-0.2, -0.15) is 0 Å². The van der Waals surface area contributed by atoms with Gasteiger partial charge in [-0.3, -0.25) is 18.7 Å². The number of amides is 1. The minimum Gasteiger partial charge on any atom is -0.357 e. The first-order chi connectivity index (χ1) is 15.9. The highest BCUT2D eigenvalue weighted by atomic mass is 32.1. The summed E-state index contributed by atoms with van der Waals surface area (Å²) in [5, 5.41) is 5.33. The molecule has 2 aromatic rings. The normalized spacial score (nSPS) is 20.2. The van der Waals surface area contributed by atoms with Crippen LogP contribution in [0.3, 0.4) is 0 Å². The summed E-state index contributed by atoms with van der Waals surface area (Å²) < 4.78 is 2.60. The lowest BCUT2D eigenvalue weighted by Gasteiger charge is -2.35. The molecule has 1 atom stereocenters.